The van der Waals surface area contributed by atoms with E-state index in [1.54, 1.807) is 0 Å². The molecular weight excluding hydrogens is 344 g/mol. The number of aromatic nitrogens is 1. The topological polar surface area (TPSA) is 51.2 Å². The molecule has 0 saturated carbocycles. The minimum atomic E-state index is -0.122. The normalized spacial score (nSPS) is 10.6. The third-order valence-corrected chi connectivity index (χ3v) is 5.18. The summed E-state index contributed by atoms with van der Waals surface area (Å²) in [6.07, 6.45) is 0.869. The van der Waals surface area contributed by atoms with Gasteiger partial charge in [0, 0.05) is 5.69 Å². The summed E-state index contributed by atoms with van der Waals surface area (Å²) in [5, 5.41) is 3.79. The number of thiazole rings is 1. The van der Waals surface area contributed by atoms with Gasteiger partial charge in [-0.05, 0) is 49.6 Å². The third kappa shape index (κ3) is 4.29. The molecule has 26 heavy (non-hydrogen) atoms. The summed E-state index contributed by atoms with van der Waals surface area (Å²) in [6, 6.07) is 15.7. The summed E-state index contributed by atoms with van der Waals surface area (Å²) in [4.78, 5) is 17.8. The highest BCUT2D eigenvalue weighted by molar-refractivity contribution is 7.13. The average molecular weight is 366 g/mol. The number of ether oxygens (including phenoxy) is 1. The number of nitrogens with one attached hydrogen (secondary N) is 1. The molecule has 134 valence electrons. The monoisotopic (exact) mass is 366 g/mol. The second kappa shape index (κ2) is 8.15. The van der Waals surface area contributed by atoms with Gasteiger partial charge >= 0.3 is 0 Å². The number of hydrogen-bond acceptors (Lipinski definition) is 4. The van der Waals surface area contributed by atoms with E-state index in [-0.39, 0.29) is 5.91 Å². The fourth-order valence-corrected chi connectivity index (χ4v) is 3.58. The van der Waals surface area contributed by atoms with E-state index in [2.05, 4.69) is 17.2 Å². The van der Waals surface area contributed by atoms with Crippen molar-refractivity contribution >= 4 is 22.9 Å². The molecule has 0 aliphatic heterocycles. The number of carbonyl (C=O) groups is 1. The van der Waals surface area contributed by atoms with Crippen molar-refractivity contribution in [1.29, 1.82) is 0 Å². The van der Waals surface area contributed by atoms with Crippen LogP contribution in [0.5, 0.6) is 5.75 Å². The van der Waals surface area contributed by atoms with Gasteiger partial charge in [-0.15, -0.1) is 11.3 Å². The van der Waals surface area contributed by atoms with Gasteiger partial charge in [0.15, 0.2) is 0 Å². The molecule has 0 spiro atoms. The maximum atomic E-state index is 12.7. The largest absolute Gasteiger partial charge is 0.486 e. The van der Waals surface area contributed by atoms with Crippen LogP contribution in [0.2, 0.25) is 0 Å². The molecule has 1 heterocycles. The molecular formula is C21H22N2O2S. The van der Waals surface area contributed by atoms with Crippen LogP contribution in [0.4, 0.5) is 5.69 Å². The first-order chi connectivity index (χ1) is 12.6. The number of benzene rings is 2. The molecule has 4 nitrogen and oxygen atoms in total. The van der Waals surface area contributed by atoms with Crippen LogP contribution in [-0.4, -0.2) is 10.9 Å². The highest BCUT2D eigenvalue weighted by atomic mass is 32.1. The third-order valence-electron chi connectivity index (χ3n) is 4.05. The first kappa shape index (κ1) is 18.1. The molecule has 5 heteroatoms. The van der Waals surface area contributed by atoms with Gasteiger partial charge < -0.3 is 10.1 Å². The Morgan fingerprint density at radius 3 is 2.73 bits per heavy atom. The lowest BCUT2D eigenvalue weighted by Gasteiger charge is -2.08. The van der Waals surface area contributed by atoms with Crippen LogP contribution in [0.1, 0.15) is 38.4 Å². The molecule has 1 N–H and O–H groups in total. The Bertz CT molecular complexity index is 918. The standard InChI is InChI=1S/C21H22N2O2S/c1-4-16-9-5-6-11-18(16)23-21(24)20-15(3)22-19(26-20)13-25-17-10-7-8-14(2)12-17/h5-12H,4,13H2,1-3H3,(H,23,24). The highest BCUT2D eigenvalue weighted by Crippen LogP contribution is 2.23. The van der Waals surface area contributed by atoms with Crippen LogP contribution >= 0.6 is 11.3 Å². The molecule has 1 amide bonds. The highest BCUT2D eigenvalue weighted by Gasteiger charge is 2.16. The smallest absolute Gasteiger partial charge is 0.267 e. The van der Waals surface area contributed by atoms with Crippen LogP contribution in [0, 0.1) is 13.8 Å². The molecule has 3 rings (SSSR count). The van der Waals surface area contributed by atoms with Gasteiger partial charge in [-0.25, -0.2) is 4.98 Å². The molecule has 0 aliphatic carbocycles. The van der Waals surface area contributed by atoms with E-state index in [1.807, 2.05) is 62.4 Å². The van der Waals surface area contributed by atoms with Gasteiger partial charge in [-0.3, -0.25) is 4.79 Å². The number of amides is 1. The maximum Gasteiger partial charge on any atom is 0.267 e. The summed E-state index contributed by atoms with van der Waals surface area (Å²) in [6.45, 7) is 6.31. The fourth-order valence-electron chi connectivity index (χ4n) is 2.70. The lowest BCUT2D eigenvalue weighted by molar-refractivity contribution is 0.102. The van der Waals surface area contributed by atoms with Gasteiger partial charge in [-0.1, -0.05) is 37.3 Å². The lowest BCUT2D eigenvalue weighted by Crippen LogP contribution is -2.12. The predicted octanol–water partition coefficient (Wildman–Crippen LogP) is 5.15. The molecule has 3 aromatic rings. The van der Waals surface area contributed by atoms with Gasteiger partial charge in [-0.2, -0.15) is 0 Å². The Labute approximate surface area is 157 Å². The second-order valence-corrected chi connectivity index (χ2v) is 7.18. The molecule has 0 saturated heterocycles. The van der Waals surface area contributed by atoms with Crippen molar-refractivity contribution in [2.24, 2.45) is 0 Å². The molecule has 0 unspecified atom stereocenters. The lowest BCUT2D eigenvalue weighted by atomic mass is 10.1. The van der Waals surface area contributed by atoms with E-state index in [4.69, 9.17) is 4.74 Å². The summed E-state index contributed by atoms with van der Waals surface area (Å²) < 4.78 is 5.79. The fraction of sp³-hybridized carbons (Fsp3) is 0.238. The van der Waals surface area contributed by atoms with E-state index in [1.165, 1.54) is 11.3 Å². The van der Waals surface area contributed by atoms with E-state index < -0.39 is 0 Å². The second-order valence-electron chi connectivity index (χ2n) is 6.09. The van der Waals surface area contributed by atoms with Crippen LogP contribution in [-0.2, 0) is 13.0 Å². The van der Waals surface area contributed by atoms with Crippen LogP contribution < -0.4 is 10.1 Å². The number of hydrogen-bond donors (Lipinski definition) is 1. The zero-order valence-electron chi connectivity index (χ0n) is 15.2. The van der Waals surface area contributed by atoms with Crippen LogP contribution in [0.3, 0.4) is 0 Å². The van der Waals surface area contributed by atoms with E-state index in [0.29, 0.717) is 11.5 Å². The van der Waals surface area contributed by atoms with Gasteiger partial charge in [0.2, 0.25) is 0 Å². The first-order valence-electron chi connectivity index (χ1n) is 8.62. The maximum absolute atomic E-state index is 12.7. The van der Waals surface area contributed by atoms with Crippen molar-refractivity contribution in [3.63, 3.8) is 0 Å². The molecule has 0 radical (unpaired) electrons. The van der Waals surface area contributed by atoms with Crippen LogP contribution in [0.25, 0.3) is 0 Å². The summed E-state index contributed by atoms with van der Waals surface area (Å²) in [5.74, 6) is 0.684. The van der Waals surface area contributed by atoms with Gasteiger partial charge in [0.1, 0.15) is 22.2 Å². The van der Waals surface area contributed by atoms with Gasteiger partial charge in [0.25, 0.3) is 5.91 Å². The molecule has 0 aliphatic rings. The van der Waals surface area contributed by atoms with Crippen molar-refractivity contribution in [3.8, 4) is 5.75 Å². The number of para-hydroxylation sites is 1. The van der Waals surface area contributed by atoms with Crippen molar-refractivity contribution in [1.82, 2.24) is 4.98 Å². The molecule has 0 bridgehead atoms. The van der Waals surface area contributed by atoms with Crippen molar-refractivity contribution in [3.05, 3.63) is 75.2 Å². The zero-order chi connectivity index (χ0) is 18.5. The summed E-state index contributed by atoms with van der Waals surface area (Å²) in [7, 11) is 0. The number of nitrogens with zero attached hydrogens (tertiary/aromatic N) is 1. The molecule has 2 aromatic carbocycles. The number of aryl methyl sites for hydroxylation is 3. The van der Waals surface area contributed by atoms with E-state index in [9.17, 15) is 4.79 Å². The number of anilines is 1. The Hall–Kier alpha value is -2.66. The Morgan fingerprint density at radius 1 is 1.15 bits per heavy atom. The predicted molar refractivity (Wildman–Crippen MR) is 106 cm³/mol. The number of carbonyl (C=O) groups excluding carboxylic acids is 1. The van der Waals surface area contributed by atoms with Crippen molar-refractivity contribution in [2.45, 2.75) is 33.8 Å². The quantitative estimate of drug-likeness (QED) is 0.656. The van der Waals surface area contributed by atoms with Crippen molar-refractivity contribution < 1.29 is 9.53 Å². The number of rotatable bonds is 6. The Kier molecular flexibility index (Phi) is 5.68. The zero-order valence-corrected chi connectivity index (χ0v) is 16.0. The summed E-state index contributed by atoms with van der Waals surface area (Å²) in [5.41, 5.74) is 3.84. The van der Waals surface area contributed by atoms with E-state index in [0.717, 1.165) is 39.7 Å². The first-order valence-corrected chi connectivity index (χ1v) is 9.43. The SMILES string of the molecule is CCc1ccccc1NC(=O)c1sc(COc2cccc(C)c2)nc1C. The Balaban J connectivity index is 1.70. The summed E-state index contributed by atoms with van der Waals surface area (Å²) >= 11 is 1.38. The van der Waals surface area contributed by atoms with Crippen molar-refractivity contribution in [2.75, 3.05) is 5.32 Å². The average Bonchev–Trinajstić information content (AvgIpc) is 3.01. The molecule has 0 atom stereocenters. The van der Waals surface area contributed by atoms with E-state index >= 15 is 0 Å². The minimum absolute atomic E-state index is 0.122. The minimum Gasteiger partial charge on any atom is -0.486 e. The Morgan fingerprint density at radius 2 is 1.96 bits per heavy atom. The van der Waals surface area contributed by atoms with Gasteiger partial charge in [0.05, 0.1) is 5.69 Å². The molecule has 0 fully saturated rings. The molecule has 1 aromatic heterocycles. The van der Waals surface area contributed by atoms with Crippen LogP contribution in [0.15, 0.2) is 48.5 Å².